The van der Waals surface area contributed by atoms with Crippen LogP contribution in [-0.4, -0.2) is 37.5 Å². The summed E-state index contributed by atoms with van der Waals surface area (Å²) in [4.78, 5) is 13.0. The second kappa shape index (κ2) is 6.89. The number of carbonyl (C=O) groups is 1. The Balaban J connectivity index is 2.02. The number of carbonyl (C=O) groups excluding carboxylic acids is 1. The van der Waals surface area contributed by atoms with Gasteiger partial charge in [0.05, 0.1) is 0 Å². The van der Waals surface area contributed by atoms with Gasteiger partial charge in [-0.15, -0.1) is 0 Å². The van der Waals surface area contributed by atoms with E-state index in [0.29, 0.717) is 12.5 Å². The Morgan fingerprint density at radius 1 is 1.38 bits per heavy atom. The molecule has 1 aliphatic carbocycles. The fraction of sp³-hybridized carbons (Fsp3) is 0.923. The zero-order valence-electron chi connectivity index (χ0n) is 11.0. The second-order valence-electron chi connectivity index (χ2n) is 5.13. The molecule has 1 saturated carbocycles. The average Bonchev–Trinajstić information content (AvgIpc) is 2.71. The van der Waals surface area contributed by atoms with Crippen LogP contribution in [0.4, 0.5) is 0 Å². The number of nitrogens with zero attached hydrogens (tertiary/aromatic N) is 1. The van der Waals surface area contributed by atoms with Crippen LogP contribution in [0.25, 0.3) is 0 Å². The van der Waals surface area contributed by atoms with Crippen LogP contribution in [0.3, 0.4) is 0 Å². The van der Waals surface area contributed by atoms with Crippen molar-refractivity contribution in [3.8, 4) is 0 Å². The first-order chi connectivity index (χ1) is 7.63. The van der Waals surface area contributed by atoms with Crippen molar-refractivity contribution in [2.24, 2.45) is 5.92 Å². The lowest BCUT2D eigenvalue weighted by molar-refractivity contribution is -0.128. The third kappa shape index (κ3) is 4.52. The lowest BCUT2D eigenvalue weighted by Gasteiger charge is -2.13. The summed E-state index contributed by atoms with van der Waals surface area (Å²) < 4.78 is 0. The molecule has 16 heavy (non-hydrogen) atoms. The summed E-state index contributed by atoms with van der Waals surface area (Å²) in [6, 6.07) is 0.708. The molecule has 0 aromatic heterocycles. The van der Waals surface area contributed by atoms with E-state index in [2.05, 4.69) is 12.2 Å². The van der Waals surface area contributed by atoms with Crippen molar-refractivity contribution in [1.29, 1.82) is 0 Å². The van der Waals surface area contributed by atoms with E-state index in [0.717, 1.165) is 18.9 Å². The number of rotatable bonds is 6. The maximum atomic E-state index is 11.3. The van der Waals surface area contributed by atoms with Gasteiger partial charge in [-0.1, -0.05) is 13.3 Å². The monoisotopic (exact) mass is 226 g/mol. The quantitative estimate of drug-likeness (QED) is 0.703. The molecule has 2 atom stereocenters. The van der Waals surface area contributed by atoms with E-state index in [1.54, 1.807) is 4.90 Å². The van der Waals surface area contributed by atoms with E-state index in [-0.39, 0.29) is 5.91 Å². The summed E-state index contributed by atoms with van der Waals surface area (Å²) in [5.74, 6) is 1.17. The van der Waals surface area contributed by atoms with Crippen molar-refractivity contribution < 1.29 is 4.79 Å². The van der Waals surface area contributed by atoms with Crippen molar-refractivity contribution in [3.05, 3.63) is 0 Å². The van der Waals surface area contributed by atoms with Crippen LogP contribution in [0.2, 0.25) is 0 Å². The first kappa shape index (κ1) is 13.5. The van der Waals surface area contributed by atoms with Gasteiger partial charge in [0.15, 0.2) is 0 Å². The molecule has 0 heterocycles. The Morgan fingerprint density at radius 3 is 2.69 bits per heavy atom. The Labute approximate surface area is 99.6 Å². The minimum Gasteiger partial charge on any atom is -0.349 e. The summed E-state index contributed by atoms with van der Waals surface area (Å²) in [6.45, 7) is 3.27. The van der Waals surface area contributed by atoms with E-state index in [4.69, 9.17) is 0 Å². The Hall–Kier alpha value is -0.570. The normalized spacial score (nSPS) is 24.7. The minimum absolute atomic E-state index is 0.236. The van der Waals surface area contributed by atoms with Crippen LogP contribution < -0.4 is 5.32 Å². The topological polar surface area (TPSA) is 32.3 Å². The summed E-state index contributed by atoms with van der Waals surface area (Å²) in [7, 11) is 3.64. The molecule has 3 nitrogen and oxygen atoms in total. The lowest BCUT2D eigenvalue weighted by Crippen LogP contribution is -2.29. The van der Waals surface area contributed by atoms with Gasteiger partial charge in [0.1, 0.15) is 0 Å². The number of hydrogen-bond donors (Lipinski definition) is 1. The molecule has 3 heteroatoms. The van der Waals surface area contributed by atoms with Gasteiger partial charge in [0.2, 0.25) is 5.91 Å². The van der Waals surface area contributed by atoms with Crippen LogP contribution in [0, 0.1) is 5.92 Å². The Kier molecular flexibility index (Phi) is 5.81. The van der Waals surface area contributed by atoms with Crippen molar-refractivity contribution in [1.82, 2.24) is 10.2 Å². The van der Waals surface area contributed by atoms with Crippen LogP contribution in [0.5, 0.6) is 0 Å². The molecule has 0 aliphatic heterocycles. The molecular weight excluding hydrogens is 200 g/mol. The van der Waals surface area contributed by atoms with Gasteiger partial charge in [0.25, 0.3) is 0 Å². The smallest absolute Gasteiger partial charge is 0.222 e. The van der Waals surface area contributed by atoms with E-state index in [1.165, 1.54) is 25.7 Å². The minimum atomic E-state index is 0.236. The largest absolute Gasteiger partial charge is 0.349 e. The van der Waals surface area contributed by atoms with Gasteiger partial charge in [0, 0.05) is 26.6 Å². The summed E-state index contributed by atoms with van der Waals surface area (Å²) in [5, 5.41) is 3.57. The molecular formula is C13H26N2O. The average molecular weight is 226 g/mol. The predicted octanol–water partition coefficient (Wildman–Crippen LogP) is 2.02. The van der Waals surface area contributed by atoms with Gasteiger partial charge < -0.3 is 10.2 Å². The van der Waals surface area contributed by atoms with Crippen molar-refractivity contribution >= 4 is 5.91 Å². The van der Waals surface area contributed by atoms with Crippen molar-refractivity contribution in [2.75, 3.05) is 20.6 Å². The standard InChI is InChI=1S/C13H26N2O/c1-4-11-7-8-12(10-11)14-9-5-6-13(16)15(2)3/h11-12,14H,4-10H2,1-3H3. The third-order valence-corrected chi connectivity index (χ3v) is 3.62. The van der Waals surface area contributed by atoms with E-state index >= 15 is 0 Å². The van der Waals surface area contributed by atoms with Gasteiger partial charge >= 0.3 is 0 Å². The third-order valence-electron chi connectivity index (χ3n) is 3.62. The maximum absolute atomic E-state index is 11.3. The van der Waals surface area contributed by atoms with Crippen molar-refractivity contribution in [2.45, 2.75) is 51.5 Å². The molecule has 1 aliphatic rings. The molecule has 0 radical (unpaired) electrons. The fourth-order valence-corrected chi connectivity index (χ4v) is 2.40. The Bertz CT molecular complexity index is 216. The van der Waals surface area contributed by atoms with E-state index in [9.17, 15) is 4.79 Å². The molecule has 0 spiro atoms. The first-order valence-electron chi connectivity index (χ1n) is 6.57. The molecule has 2 unspecified atom stereocenters. The predicted molar refractivity (Wildman–Crippen MR) is 67.4 cm³/mol. The van der Waals surface area contributed by atoms with Crippen LogP contribution in [-0.2, 0) is 4.79 Å². The van der Waals surface area contributed by atoms with Gasteiger partial charge in [-0.25, -0.2) is 0 Å². The van der Waals surface area contributed by atoms with Crippen LogP contribution in [0.1, 0.15) is 45.4 Å². The summed E-state index contributed by atoms with van der Waals surface area (Å²) >= 11 is 0. The molecule has 0 aromatic carbocycles. The van der Waals surface area contributed by atoms with Gasteiger partial charge in [-0.3, -0.25) is 4.79 Å². The van der Waals surface area contributed by atoms with Gasteiger partial charge in [-0.2, -0.15) is 0 Å². The van der Waals surface area contributed by atoms with Crippen LogP contribution >= 0.6 is 0 Å². The molecule has 1 amide bonds. The zero-order chi connectivity index (χ0) is 12.0. The first-order valence-corrected chi connectivity index (χ1v) is 6.57. The molecule has 1 N–H and O–H groups in total. The summed E-state index contributed by atoms with van der Waals surface area (Å²) in [6.07, 6.45) is 6.98. The second-order valence-corrected chi connectivity index (χ2v) is 5.13. The SMILES string of the molecule is CCC1CCC(NCCCC(=O)N(C)C)C1. The highest BCUT2D eigenvalue weighted by Gasteiger charge is 2.22. The van der Waals surface area contributed by atoms with E-state index in [1.807, 2.05) is 14.1 Å². The highest BCUT2D eigenvalue weighted by Crippen LogP contribution is 2.27. The van der Waals surface area contributed by atoms with Crippen molar-refractivity contribution in [3.63, 3.8) is 0 Å². The molecule has 0 bridgehead atoms. The fourth-order valence-electron chi connectivity index (χ4n) is 2.40. The molecule has 1 fully saturated rings. The van der Waals surface area contributed by atoms with E-state index < -0.39 is 0 Å². The van der Waals surface area contributed by atoms with Crippen LogP contribution in [0.15, 0.2) is 0 Å². The highest BCUT2D eigenvalue weighted by atomic mass is 16.2. The molecule has 94 valence electrons. The number of amides is 1. The zero-order valence-corrected chi connectivity index (χ0v) is 11.0. The molecule has 0 aromatic rings. The Morgan fingerprint density at radius 2 is 2.12 bits per heavy atom. The number of nitrogens with one attached hydrogen (secondary N) is 1. The number of hydrogen-bond acceptors (Lipinski definition) is 2. The van der Waals surface area contributed by atoms with Gasteiger partial charge in [-0.05, 0) is 38.1 Å². The summed E-state index contributed by atoms with van der Waals surface area (Å²) in [5.41, 5.74) is 0. The maximum Gasteiger partial charge on any atom is 0.222 e. The molecule has 0 saturated heterocycles. The highest BCUT2D eigenvalue weighted by molar-refractivity contribution is 5.75. The lowest BCUT2D eigenvalue weighted by atomic mass is 10.1. The molecule has 1 rings (SSSR count).